The maximum Gasteiger partial charge on any atom is 0.338 e. The molecule has 0 fully saturated rings. The number of carbonyl (C=O) groups excluding carboxylic acids is 1. The smallest absolute Gasteiger partial charge is 0.338 e. The van der Waals surface area contributed by atoms with Gasteiger partial charge in [0.05, 0.1) is 11.7 Å². The molecule has 0 saturated heterocycles. The number of hydrogen-bond acceptors (Lipinski definition) is 3. The van der Waals surface area contributed by atoms with Gasteiger partial charge in [0, 0.05) is 17.3 Å². The molecule has 2 rings (SSSR count). The second-order valence-electron chi connectivity index (χ2n) is 4.98. The predicted octanol–water partition coefficient (Wildman–Crippen LogP) is 4.52. The molecule has 3 nitrogen and oxygen atoms in total. The third-order valence-corrected chi connectivity index (χ3v) is 3.27. The summed E-state index contributed by atoms with van der Waals surface area (Å²) in [4.78, 5) is 11.7. The Bertz CT molecular complexity index is 608. The van der Waals surface area contributed by atoms with Gasteiger partial charge in [0.1, 0.15) is 0 Å². The van der Waals surface area contributed by atoms with Gasteiger partial charge in [-0.25, -0.2) is 4.79 Å². The van der Waals surface area contributed by atoms with Gasteiger partial charge in [-0.05, 0) is 49.7 Å². The molecule has 0 unspecified atom stereocenters. The van der Waals surface area contributed by atoms with E-state index < -0.39 is 0 Å². The fraction of sp³-hybridized carbons (Fsp3) is 0.235. The molecule has 0 aliphatic rings. The highest BCUT2D eigenvalue weighted by Crippen LogP contribution is 2.17. The highest BCUT2D eigenvalue weighted by molar-refractivity contribution is 6.31. The van der Waals surface area contributed by atoms with E-state index in [-0.39, 0.29) is 12.1 Å². The Kier molecular flexibility index (Phi) is 5.23. The molecule has 0 bridgehead atoms. The number of carbonyl (C=O) groups is 1. The van der Waals surface area contributed by atoms with E-state index in [2.05, 4.69) is 5.32 Å². The van der Waals surface area contributed by atoms with E-state index in [4.69, 9.17) is 16.3 Å². The summed E-state index contributed by atoms with van der Waals surface area (Å²) < 4.78 is 5.14. The fourth-order valence-electron chi connectivity index (χ4n) is 1.85. The Labute approximate surface area is 129 Å². The minimum atomic E-state index is -0.303. The second kappa shape index (κ2) is 7.14. The van der Waals surface area contributed by atoms with Gasteiger partial charge in [0.15, 0.2) is 0 Å². The van der Waals surface area contributed by atoms with E-state index in [1.807, 2.05) is 50.2 Å². The quantitative estimate of drug-likeness (QED) is 0.825. The zero-order valence-electron chi connectivity index (χ0n) is 12.1. The average Bonchev–Trinajstić information content (AvgIpc) is 2.46. The van der Waals surface area contributed by atoms with Crippen LogP contribution in [0.15, 0.2) is 48.5 Å². The number of benzene rings is 2. The van der Waals surface area contributed by atoms with Crippen LogP contribution in [-0.2, 0) is 11.3 Å². The molecule has 110 valence electrons. The maximum absolute atomic E-state index is 11.7. The SMILES string of the molecule is CC(C)OC(=O)c1ccc(NCc2ccccc2Cl)cc1. The van der Waals surface area contributed by atoms with Crippen molar-refractivity contribution in [2.75, 3.05) is 5.32 Å². The first-order chi connectivity index (χ1) is 10.1. The predicted molar refractivity (Wildman–Crippen MR) is 85.8 cm³/mol. The third-order valence-electron chi connectivity index (χ3n) is 2.90. The number of nitrogens with one attached hydrogen (secondary N) is 1. The van der Waals surface area contributed by atoms with Crippen LogP contribution >= 0.6 is 11.6 Å². The van der Waals surface area contributed by atoms with Crippen molar-refractivity contribution in [2.45, 2.75) is 26.5 Å². The number of halogens is 1. The Morgan fingerprint density at radius 2 is 1.81 bits per heavy atom. The first kappa shape index (κ1) is 15.4. The zero-order valence-corrected chi connectivity index (χ0v) is 12.9. The standard InChI is InChI=1S/C17H18ClNO2/c1-12(2)21-17(20)13-7-9-15(10-8-13)19-11-14-5-3-4-6-16(14)18/h3-10,12,19H,11H2,1-2H3. The monoisotopic (exact) mass is 303 g/mol. The largest absolute Gasteiger partial charge is 0.459 e. The first-order valence-corrected chi connectivity index (χ1v) is 7.22. The molecule has 2 aromatic carbocycles. The minimum absolute atomic E-state index is 0.115. The topological polar surface area (TPSA) is 38.3 Å². The average molecular weight is 304 g/mol. The Morgan fingerprint density at radius 1 is 1.14 bits per heavy atom. The van der Waals surface area contributed by atoms with Gasteiger partial charge in [-0.1, -0.05) is 29.8 Å². The molecule has 1 N–H and O–H groups in total. The van der Waals surface area contributed by atoms with E-state index in [9.17, 15) is 4.79 Å². The Morgan fingerprint density at radius 3 is 2.43 bits per heavy atom. The van der Waals surface area contributed by atoms with Gasteiger partial charge in [-0.2, -0.15) is 0 Å². The summed E-state index contributed by atoms with van der Waals surface area (Å²) >= 11 is 6.10. The number of hydrogen-bond donors (Lipinski definition) is 1. The fourth-order valence-corrected chi connectivity index (χ4v) is 2.05. The van der Waals surface area contributed by atoms with E-state index in [1.165, 1.54) is 0 Å². The third kappa shape index (κ3) is 4.50. The lowest BCUT2D eigenvalue weighted by Crippen LogP contribution is -2.11. The highest BCUT2D eigenvalue weighted by atomic mass is 35.5. The zero-order chi connectivity index (χ0) is 15.2. The van der Waals surface area contributed by atoms with Gasteiger partial charge < -0.3 is 10.1 Å². The molecule has 0 amide bonds. The van der Waals surface area contributed by atoms with Crippen LogP contribution in [0.1, 0.15) is 29.8 Å². The number of ether oxygens (including phenoxy) is 1. The van der Waals surface area contributed by atoms with Gasteiger partial charge in [0.25, 0.3) is 0 Å². The van der Waals surface area contributed by atoms with Gasteiger partial charge in [-0.15, -0.1) is 0 Å². The van der Waals surface area contributed by atoms with Crippen molar-refractivity contribution >= 4 is 23.3 Å². The molecule has 21 heavy (non-hydrogen) atoms. The van der Waals surface area contributed by atoms with Crippen molar-refractivity contribution in [3.63, 3.8) is 0 Å². The molecule has 4 heteroatoms. The van der Waals surface area contributed by atoms with Crippen LogP contribution in [0.2, 0.25) is 5.02 Å². The first-order valence-electron chi connectivity index (χ1n) is 6.84. The number of rotatable bonds is 5. The minimum Gasteiger partial charge on any atom is -0.459 e. The summed E-state index contributed by atoms with van der Waals surface area (Å²) in [5.74, 6) is -0.303. The number of anilines is 1. The summed E-state index contributed by atoms with van der Waals surface area (Å²) in [5, 5.41) is 4.01. The molecule has 0 radical (unpaired) electrons. The van der Waals surface area contributed by atoms with Gasteiger partial charge >= 0.3 is 5.97 Å². The van der Waals surface area contributed by atoms with Gasteiger partial charge in [-0.3, -0.25) is 0 Å². The second-order valence-corrected chi connectivity index (χ2v) is 5.38. The van der Waals surface area contributed by atoms with Crippen LogP contribution in [0.25, 0.3) is 0 Å². The van der Waals surface area contributed by atoms with Crippen molar-refractivity contribution in [2.24, 2.45) is 0 Å². The van der Waals surface area contributed by atoms with E-state index in [1.54, 1.807) is 12.1 Å². The summed E-state index contributed by atoms with van der Waals surface area (Å²) in [5.41, 5.74) is 2.51. The van der Waals surface area contributed by atoms with Crippen molar-refractivity contribution in [1.29, 1.82) is 0 Å². The van der Waals surface area contributed by atoms with Crippen molar-refractivity contribution in [3.8, 4) is 0 Å². The molecule has 2 aromatic rings. The lowest BCUT2D eigenvalue weighted by atomic mass is 10.2. The van der Waals surface area contributed by atoms with Crippen LogP contribution in [-0.4, -0.2) is 12.1 Å². The van der Waals surface area contributed by atoms with E-state index in [0.29, 0.717) is 12.1 Å². The molecule has 0 spiro atoms. The Hall–Kier alpha value is -2.00. The van der Waals surface area contributed by atoms with Crippen molar-refractivity contribution in [1.82, 2.24) is 0 Å². The van der Waals surface area contributed by atoms with Crippen LogP contribution in [0, 0.1) is 0 Å². The molecule has 0 aliphatic heterocycles. The summed E-state index contributed by atoms with van der Waals surface area (Å²) in [7, 11) is 0. The van der Waals surface area contributed by atoms with Crippen LogP contribution in [0.4, 0.5) is 5.69 Å². The van der Waals surface area contributed by atoms with Crippen molar-refractivity contribution < 1.29 is 9.53 Å². The lowest BCUT2D eigenvalue weighted by Gasteiger charge is -2.10. The molecular formula is C17H18ClNO2. The molecule has 0 saturated carbocycles. The van der Waals surface area contributed by atoms with Crippen LogP contribution in [0.3, 0.4) is 0 Å². The summed E-state index contributed by atoms with van der Waals surface area (Å²) in [6, 6.07) is 14.9. The maximum atomic E-state index is 11.7. The van der Waals surface area contributed by atoms with Crippen LogP contribution < -0.4 is 5.32 Å². The van der Waals surface area contributed by atoms with Crippen molar-refractivity contribution in [3.05, 3.63) is 64.7 Å². The lowest BCUT2D eigenvalue weighted by molar-refractivity contribution is 0.0378. The molecule has 0 aliphatic carbocycles. The Balaban J connectivity index is 1.97. The van der Waals surface area contributed by atoms with Gasteiger partial charge in [0.2, 0.25) is 0 Å². The van der Waals surface area contributed by atoms with E-state index >= 15 is 0 Å². The molecule has 0 heterocycles. The highest BCUT2D eigenvalue weighted by Gasteiger charge is 2.08. The number of esters is 1. The van der Waals surface area contributed by atoms with Crippen LogP contribution in [0.5, 0.6) is 0 Å². The summed E-state index contributed by atoms with van der Waals surface area (Å²) in [6.07, 6.45) is -0.115. The molecule has 0 atom stereocenters. The summed E-state index contributed by atoms with van der Waals surface area (Å²) in [6.45, 7) is 4.30. The molecule has 0 aromatic heterocycles. The van der Waals surface area contributed by atoms with E-state index in [0.717, 1.165) is 16.3 Å². The molecular weight excluding hydrogens is 286 g/mol. The normalized spacial score (nSPS) is 10.5.